The van der Waals surface area contributed by atoms with Crippen LogP contribution in [0.15, 0.2) is 23.7 Å². The molecule has 1 aromatic carbocycles. The number of aryl methyl sites for hydroxylation is 1. The molecule has 1 saturated heterocycles. The molecule has 0 unspecified atom stereocenters. The Morgan fingerprint density at radius 1 is 1.25 bits per heavy atom. The minimum Gasteiger partial charge on any atom is -0.508 e. The topological polar surface area (TPSA) is 55.8 Å². The molecule has 1 aliphatic heterocycles. The van der Waals surface area contributed by atoms with E-state index in [1.54, 1.807) is 19.1 Å². The third kappa shape index (κ3) is 4.24. The molecule has 0 aliphatic carbocycles. The van der Waals surface area contributed by atoms with Crippen molar-refractivity contribution in [1.82, 2.24) is 0 Å². The van der Waals surface area contributed by atoms with E-state index in [4.69, 9.17) is 9.31 Å². The molecule has 24 heavy (non-hydrogen) atoms. The molecule has 0 bridgehead atoms. The zero-order valence-electron chi connectivity index (χ0n) is 15.2. The van der Waals surface area contributed by atoms with E-state index in [0.29, 0.717) is 5.75 Å². The largest absolute Gasteiger partial charge is 0.508 e. The van der Waals surface area contributed by atoms with Crippen molar-refractivity contribution in [2.24, 2.45) is 0 Å². The summed E-state index contributed by atoms with van der Waals surface area (Å²) in [7, 11) is -0.511. The quantitative estimate of drug-likeness (QED) is 0.834. The van der Waals surface area contributed by atoms with Crippen LogP contribution >= 0.6 is 11.8 Å². The first-order valence-electron chi connectivity index (χ1n) is 8.01. The molecule has 130 valence electrons. The highest BCUT2D eigenvalue weighted by Crippen LogP contribution is 2.39. The summed E-state index contributed by atoms with van der Waals surface area (Å²) in [5.41, 5.74) is 1.93. The smallest absolute Gasteiger partial charge is 0.491 e. The average molecular weight is 348 g/mol. The SMILES string of the molecule is CC(=O)SCC(=Cc1cc(O)ccc1C)B1OC(C)(C)C(C)(C)O1. The van der Waals surface area contributed by atoms with Crippen molar-refractivity contribution >= 4 is 30.1 Å². The van der Waals surface area contributed by atoms with Gasteiger partial charge in [-0.15, -0.1) is 0 Å². The second-order valence-electron chi connectivity index (χ2n) is 7.13. The van der Waals surface area contributed by atoms with E-state index in [1.807, 2.05) is 46.8 Å². The van der Waals surface area contributed by atoms with Gasteiger partial charge < -0.3 is 14.4 Å². The van der Waals surface area contributed by atoms with E-state index in [9.17, 15) is 9.90 Å². The van der Waals surface area contributed by atoms with Crippen molar-refractivity contribution in [3.8, 4) is 5.75 Å². The van der Waals surface area contributed by atoms with Gasteiger partial charge in [-0.05, 0) is 63.4 Å². The lowest BCUT2D eigenvalue weighted by Crippen LogP contribution is -2.41. The van der Waals surface area contributed by atoms with Crippen LogP contribution in [0.2, 0.25) is 0 Å². The van der Waals surface area contributed by atoms with Crippen molar-refractivity contribution in [2.45, 2.75) is 52.7 Å². The Balaban J connectivity index is 2.37. The first-order chi connectivity index (χ1) is 11.0. The Morgan fingerprint density at radius 3 is 2.38 bits per heavy atom. The highest BCUT2D eigenvalue weighted by atomic mass is 32.2. The number of hydrogen-bond donors (Lipinski definition) is 1. The monoisotopic (exact) mass is 348 g/mol. The molecule has 1 N–H and O–H groups in total. The number of rotatable bonds is 4. The molecule has 6 heteroatoms. The zero-order chi connectivity index (χ0) is 18.1. The maximum Gasteiger partial charge on any atom is 0.491 e. The fourth-order valence-electron chi connectivity index (χ4n) is 2.34. The molecule has 0 radical (unpaired) electrons. The predicted molar refractivity (Wildman–Crippen MR) is 100 cm³/mol. The van der Waals surface area contributed by atoms with E-state index in [-0.39, 0.29) is 10.9 Å². The third-order valence-electron chi connectivity index (χ3n) is 4.60. The molecule has 0 atom stereocenters. The minimum absolute atomic E-state index is 0.0463. The second kappa shape index (κ2) is 6.94. The molecule has 1 aromatic rings. The molecule has 0 saturated carbocycles. The van der Waals surface area contributed by atoms with Gasteiger partial charge in [0, 0.05) is 12.7 Å². The van der Waals surface area contributed by atoms with Gasteiger partial charge in [0.2, 0.25) is 0 Å². The predicted octanol–water partition coefficient (Wildman–Crippen LogP) is 4.00. The van der Waals surface area contributed by atoms with E-state index in [0.717, 1.165) is 16.6 Å². The van der Waals surface area contributed by atoms with Crippen molar-refractivity contribution in [3.63, 3.8) is 0 Å². The molecule has 0 aromatic heterocycles. The fraction of sp³-hybridized carbons (Fsp3) is 0.500. The van der Waals surface area contributed by atoms with Crippen molar-refractivity contribution in [1.29, 1.82) is 0 Å². The maximum atomic E-state index is 11.4. The van der Waals surface area contributed by atoms with Crippen molar-refractivity contribution in [3.05, 3.63) is 34.8 Å². The van der Waals surface area contributed by atoms with Gasteiger partial charge in [-0.1, -0.05) is 23.9 Å². The Labute approximate surface area is 148 Å². The number of carbonyl (C=O) groups excluding carboxylic acids is 1. The lowest BCUT2D eigenvalue weighted by molar-refractivity contribution is -0.109. The van der Waals surface area contributed by atoms with Gasteiger partial charge in [0.05, 0.1) is 11.2 Å². The molecule has 1 aliphatic rings. The van der Waals surface area contributed by atoms with Gasteiger partial charge in [0.1, 0.15) is 5.75 Å². The van der Waals surface area contributed by atoms with Gasteiger partial charge in [-0.25, -0.2) is 0 Å². The Hall–Kier alpha value is -1.24. The maximum absolute atomic E-state index is 11.4. The summed E-state index contributed by atoms with van der Waals surface area (Å²) in [6.07, 6.45) is 1.95. The van der Waals surface area contributed by atoms with Crippen LogP contribution in [0.5, 0.6) is 5.75 Å². The van der Waals surface area contributed by atoms with E-state index in [2.05, 4.69) is 0 Å². The second-order valence-corrected chi connectivity index (χ2v) is 8.28. The molecule has 0 amide bonds. The molecule has 1 heterocycles. The molecule has 0 spiro atoms. The zero-order valence-corrected chi connectivity index (χ0v) is 16.0. The van der Waals surface area contributed by atoms with Crippen molar-refractivity contribution < 1.29 is 19.2 Å². The van der Waals surface area contributed by atoms with Gasteiger partial charge >= 0.3 is 7.12 Å². The summed E-state index contributed by atoms with van der Waals surface area (Å²) >= 11 is 1.23. The molecule has 1 fully saturated rings. The lowest BCUT2D eigenvalue weighted by atomic mass is 9.78. The number of phenolic OH excluding ortho intramolecular Hbond substituents is 1. The Kier molecular flexibility index (Phi) is 5.52. The van der Waals surface area contributed by atoms with Gasteiger partial charge in [0.25, 0.3) is 0 Å². The highest BCUT2D eigenvalue weighted by molar-refractivity contribution is 8.13. The average Bonchev–Trinajstić information content (AvgIpc) is 2.66. The summed E-state index contributed by atoms with van der Waals surface area (Å²) in [5, 5.41) is 9.80. The van der Waals surface area contributed by atoms with Gasteiger partial charge in [-0.3, -0.25) is 4.79 Å². The summed E-state index contributed by atoms with van der Waals surface area (Å²) in [4.78, 5) is 11.4. The number of carbonyl (C=O) groups is 1. The summed E-state index contributed by atoms with van der Waals surface area (Å²) < 4.78 is 12.2. The number of phenols is 1. The lowest BCUT2D eigenvalue weighted by Gasteiger charge is -2.32. The van der Waals surface area contributed by atoms with E-state index >= 15 is 0 Å². The summed E-state index contributed by atoms with van der Waals surface area (Å²) in [6, 6.07) is 5.23. The Bertz CT molecular complexity index is 651. The number of hydrogen-bond acceptors (Lipinski definition) is 5. The number of benzene rings is 1. The van der Waals surface area contributed by atoms with Crippen LogP contribution in [0.3, 0.4) is 0 Å². The summed E-state index contributed by atoms with van der Waals surface area (Å²) in [6.45, 7) is 11.5. The minimum atomic E-state index is -0.511. The van der Waals surface area contributed by atoms with E-state index < -0.39 is 18.3 Å². The highest BCUT2D eigenvalue weighted by Gasteiger charge is 2.52. The normalized spacial score (nSPS) is 19.6. The molecule has 2 rings (SSSR count). The van der Waals surface area contributed by atoms with Crippen LogP contribution in [0, 0.1) is 6.92 Å². The van der Waals surface area contributed by atoms with Crippen LogP contribution in [0.25, 0.3) is 6.08 Å². The van der Waals surface area contributed by atoms with Crippen LogP contribution in [0.4, 0.5) is 0 Å². The molecular formula is C18H25BO4S. The third-order valence-corrected chi connectivity index (χ3v) is 5.49. The summed E-state index contributed by atoms with van der Waals surface area (Å²) in [5.74, 6) is 0.695. The van der Waals surface area contributed by atoms with E-state index in [1.165, 1.54) is 11.8 Å². The fourth-order valence-corrected chi connectivity index (χ4v) is 2.93. The van der Waals surface area contributed by atoms with Crippen molar-refractivity contribution in [2.75, 3.05) is 5.75 Å². The van der Waals surface area contributed by atoms with Crippen LogP contribution < -0.4 is 0 Å². The van der Waals surface area contributed by atoms with Gasteiger partial charge in [-0.2, -0.15) is 0 Å². The number of aromatic hydroxyl groups is 1. The first-order valence-corrected chi connectivity index (χ1v) is 8.99. The number of thioether (sulfide) groups is 1. The van der Waals surface area contributed by atoms with Crippen LogP contribution in [-0.4, -0.2) is 34.3 Å². The molecule has 4 nitrogen and oxygen atoms in total. The molecular weight excluding hydrogens is 323 g/mol. The standard InChI is InChI=1S/C18H25BO4S/c1-12-7-8-16(21)10-14(12)9-15(11-24-13(2)20)19-22-17(3,4)18(5,6)23-19/h7-10,21H,11H2,1-6H3. The van der Waals surface area contributed by atoms with Gasteiger partial charge in [0.15, 0.2) is 5.12 Å². The Morgan fingerprint density at radius 2 is 1.83 bits per heavy atom. The first kappa shape index (κ1) is 19.1. The van der Waals surface area contributed by atoms with Crippen LogP contribution in [0.1, 0.15) is 45.7 Å². The van der Waals surface area contributed by atoms with Crippen LogP contribution in [-0.2, 0) is 14.1 Å².